The summed E-state index contributed by atoms with van der Waals surface area (Å²) < 4.78 is 5.23. The quantitative estimate of drug-likeness (QED) is 0.723. The second kappa shape index (κ2) is 6.33. The zero-order valence-corrected chi connectivity index (χ0v) is 10.7. The van der Waals surface area contributed by atoms with Gasteiger partial charge in [-0.1, -0.05) is 0 Å². The van der Waals surface area contributed by atoms with Crippen LogP contribution < -0.4 is 5.32 Å². The number of nitrogens with one attached hydrogen (secondary N) is 1. The van der Waals surface area contributed by atoms with Gasteiger partial charge in [-0.25, -0.2) is 0 Å². The maximum absolute atomic E-state index is 11.8. The molecule has 0 radical (unpaired) electrons. The van der Waals surface area contributed by atoms with Crippen molar-refractivity contribution < 1.29 is 9.53 Å². The van der Waals surface area contributed by atoms with Crippen molar-refractivity contribution in [1.29, 1.82) is 0 Å². The number of hydrogen-bond donors (Lipinski definition) is 1. The van der Waals surface area contributed by atoms with Crippen molar-refractivity contribution >= 4 is 5.91 Å². The van der Waals surface area contributed by atoms with Gasteiger partial charge in [-0.2, -0.15) is 0 Å². The van der Waals surface area contributed by atoms with Crippen LogP contribution in [0.3, 0.4) is 0 Å². The molecule has 0 aromatic heterocycles. The van der Waals surface area contributed by atoms with E-state index in [2.05, 4.69) is 17.3 Å². The summed E-state index contributed by atoms with van der Waals surface area (Å²) in [6.45, 7) is 5.41. The van der Waals surface area contributed by atoms with Crippen molar-refractivity contribution in [2.45, 2.75) is 18.9 Å². The lowest BCUT2D eigenvalue weighted by atomic mass is 10.2. The molecule has 17 heavy (non-hydrogen) atoms. The fourth-order valence-electron chi connectivity index (χ4n) is 2.51. The topological polar surface area (TPSA) is 44.8 Å². The fourth-order valence-corrected chi connectivity index (χ4v) is 2.51. The summed E-state index contributed by atoms with van der Waals surface area (Å²) in [4.78, 5) is 16.1. The smallest absolute Gasteiger partial charge is 0.236 e. The molecule has 0 saturated carbocycles. The molecule has 1 amide bonds. The van der Waals surface area contributed by atoms with E-state index >= 15 is 0 Å². The van der Waals surface area contributed by atoms with Crippen LogP contribution in [0, 0.1) is 0 Å². The number of hydrogen-bond acceptors (Lipinski definition) is 4. The van der Waals surface area contributed by atoms with Gasteiger partial charge in [0.25, 0.3) is 0 Å². The average molecular weight is 241 g/mol. The molecule has 98 valence electrons. The summed E-state index contributed by atoms with van der Waals surface area (Å²) in [7, 11) is 2.16. The summed E-state index contributed by atoms with van der Waals surface area (Å²) in [6.07, 6.45) is 2.52. The molecule has 1 unspecified atom stereocenters. The number of rotatable bonds is 4. The maximum Gasteiger partial charge on any atom is 0.236 e. The molecular weight excluding hydrogens is 218 g/mol. The van der Waals surface area contributed by atoms with Gasteiger partial charge >= 0.3 is 0 Å². The normalized spacial score (nSPS) is 26.4. The van der Waals surface area contributed by atoms with Crippen LogP contribution in [0.25, 0.3) is 0 Å². The van der Waals surface area contributed by atoms with E-state index in [9.17, 15) is 4.79 Å². The zero-order chi connectivity index (χ0) is 12.1. The minimum atomic E-state index is 0.203. The lowest BCUT2D eigenvalue weighted by Gasteiger charge is -2.27. The van der Waals surface area contributed by atoms with Gasteiger partial charge in [0.15, 0.2) is 0 Å². The van der Waals surface area contributed by atoms with Crippen LogP contribution >= 0.6 is 0 Å². The number of likely N-dealkylation sites (N-methyl/N-ethyl adjacent to an activating group) is 1. The van der Waals surface area contributed by atoms with Crippen LogP contribution in [0.2, 0.25) is 0 Å². The molecule has 0 aliphatic carbocycles. The number of amides is 1. The lowest BCUT2D eigenvalue weighted by molar-refractivity contribution is -0.134. The maximum atomic E-state index is 11.8. The van der Waals surface area contributed by atoms with E-state index in [0.717, 1.165) is 19.6 Å². The van der Waals surface area contributed by atoms with Gasteiger partial charge < -0.3 is 19.9 Å². The predicted octanol–water partition coefficient (Wildman–Crippen LogP) is -0.471. The van der Waals surface area contributed by atoms with E-state index in [1.54, 1.807) is 0 Å². The van der Waals surface area contributed by atoms with Gasteiger partial charge in [0.05, 0.1) is 19.8 Å². The van der Waals surface area contributed by atoms with E-state index < -0.39 is 0 Å². The Kier molecular flexibility index (Phi) is 4.76. The first-order valence-electron chi connectivity index (χ1n) is 6.54. The largest absolute Gasteiger partial charge is 0.378 e. The molecule has 0 spiro atoms. The standard InChI is InChI=1S/C12H23N3O2/c1-14-4-2-3-11(14)9-13-10-12(16)15-5-7-17-8-6-15/h11,13H,2-10H2,1H3. The van der Waals surface area contributed by atoms with Crippen molar-refractivity contribution in [3.05, 3.63) is 0 Å². The first kappa shape index (κ1) is 12.8. The molecule has 0 aromatic carbocycles. The van der Waals surface area contributed by atoms with Crippen LogP contribution in [-0.2, 0) is 9.53 Å². The Bertz CT molecular complexity index is 254. The monoisotopic (exact) mass is 241 g/mol. The second-order valence-electron chi connectivity index (χ2n) is 4.90. The highest BCUT2D eigenvalue weighted by Crippen LogP contribution is 2.13. The molecule has 2 aliphatic heterocycles. The molecule has 0 aromatic rings. The first-order valence-corrected chi connectivity index (χ1v) is 6.54. The predicted molar refractivity (Wildman–Crippen MR) is 65.9 cm³/mol. The SMILES string of the molecule is CN1CCCC1CNCC(=O)N1CCOCC1. The molecule has 2 aliphatic rings. The van der Waals surface area contributed by atoms with Gasteiger partial charge in [0.1, 0.15) is 0 Å². The number of ether oxygens (including phenoxy) is 1. The van der Waals surface area contributed by atoms with Gasteiger partial charge in [-0.3, -0.25) is 4.79 Å². The van der Waals surface area contributed by atoms with E-state index in [0.29, 0.717) is 25.8 Å². The van der Waals surface area contributed by atoms with Crippen molar-refractivity contribution in [3.8, 4) is 0 Å². The van der Waals surface area contributed by atoms with E-state index in [1.165, 1.54) is 19.4 Å². The Morgan fingerprint density at radius 3 is 2.76 bits per heavy atom. The third-order valence-electron chi connectivity index (χ3n) is 3.69. The van der Waals surface area contributed by atoms with Gasteiger partial charge in [0.2, 0.25) is 5.91 Å². The highest BCUT2D eigenvalue weighted by atomic mass is 16.5. The van der Waals surface area contributed by atoms with Crippen LogP contribution in [0.4, 0.5) is 0 Å². The third kappa shape index (κ3) is 3.66. The number of carbonyl (C=O) groups is 1. The number of carbonyl (C=O) groups excluding carboxylic acids is 1. The third-order valence-corrected chi connectivity index (χ3v) is 3.69. The van der Waals surface area contributed by atoms with E-state index in [4.69, 9.17) is 4.74 Å². The summed E-state index contributed by atoms with van der Waals surface area (Å²) >= 11 is 0. The molecule has 1 N–H and O–H groups in total. The van der Waals surface area contributed by atoms with Crippen LogP contribution in [0.1, 0.15) is 12.8 Å². The summed E-state index contributed by atoms with van der Waals surface area (Å²) in [5, 5.41) is 3.28. The second-order valence-corrected chi connectivity index (χ2v) is 4.90. The molecule has 1 atom stereocenters. The molecule has 5 heteroatoms. The van der Waals surface area contributed by atoms with Crippen LogP contribution in [0.5, 0.6) is 0 Å². The summed E-state index contributed by atoms with van der Waals surface area (Å²) in [5.74, 6) is 0.203. The Hall–Kier alpha value is -0.650. The minimum absolute atomic E-state index is 0.203. The van der Waals surface area contributed by atoms with Crippen LogP contribution in [-0.4, -0.2) is 74.7 Å². The zero-order valence-electron chi connectivity index (χ0n) is 10.7. The van der Waals surface area contributed by atoms with Crippen molar-refractivity contribution in [2.24, 2.45) is 0 Å². The van der Waals surface area contributed by atoms with Gasteiger partial charge in [-0.15, -0.1) is 0 Å². The average Bonchev–Trinajstić information content (AvgIpc) is 2.76. The number of nitrogens with zero attached hydrogens (tertiary/aromatic N) is 2. The van der Waals surface area contributed by atoms with Gasteiger partial charge in [0, 0.05) is 25.7 Å². The van der Waals surface area contributed by atoms with Crippen LogP contribution in [0.15, 0.2) is 0 Å². The Morgan fingerprint density at radius 1 is 1.35 bits per heavy atom. The Balaban J connectivity index is 1.62. The Labute approximate surface area is 103 Å². The molecule has 2 heterocycles. The lowest BCUT2D eigenvalue weighted by Crippen LogP contribution is -2.46. The van der Waals surface area contributed by atoms with Crippen molar-refractivity contribution in [2.75, 3.05) is 53.0 Å². The summed E-state index contributed by atoms with van der Waals surface area (Å²) in [6, 6.07) is 0.604. The van der Waals surface area contributed by atoms with Crippen molar-refractivity contribution in [3.63, 3.8) is 0 Å². The molecule has 2 saturated heterocycles. The van der Waals surface area contributed by atoms with Crippen molar-refractivity contribution in [1.82, 2.24) is 15.1 Å². The number of likely N-dealkylation sites (tertiary alicyclic amines) is 1. The highest BCUT2D eigenvalue weighted by molar-refractivity contribution is 5.78. The highest BCUT2D eigenvalue weighted by Gasteiger charge is 2.21. The van der Waals surface area contributed by atoms with E-state index in [-0.39, 0.29) is 5.91 Å². The molecule has 2 rings (SSSR count). The Morgan fingerprint density at radius 2 is 2.12 bits per heavy atom. The molecule has 2 fully saturated rings. The molecular formula is C12H23N3O2. The minimum Gasteiger partial charge on any atom is -0.378 e. The molecule has 5 nitrogen and oxygen atoms in total. The summed E-state index contributed by atoms with van der Waals surface area (Å²) in [5.41, 5.74) is 0. The molecule has 0 bridgehead atoms. The number of morpholine rings is 1. The fraction of sp³-hybridized carbons (Fsp3) is 0.917. The first-order chi connectivity index (χ1) is 8.27. The van der Waals surface area contributed by atoms with Gasteiger partial charge in [-0.05, 0) is 26.4 Å². The van der Waals surface area contributed by atoms with E-state index in [1.807, 2.05) is 4.90 Å².